The van der Waals surface area contributed by atoms with Crippen molar-refractivity contribution in [2.45, 2.75) is 13.3 Å². The van der Waals surface area contributed by atoms with Crippen LogP contribution in [0.5, 0.6) is 0 Å². The van der Waals surface area contributed by atoms with Crippen molar-refractivity contribution in [3.8, 4) is 11.3 Å². The highest BCUT2D eigenvalue weighted by molar-refractivity contribution is 6.99. The lowest BCUT2D eigenvalue weighted by molar-refractivity contribution is 0.628. The zero-order valence-corrected chi connectivity index (χ0v) is 9.72. The molecule has 3 nitrogen and oxygen atoms in total. The molecule has 1 aromatic heterocycles. The van der Waals surface area contributed by atoms with Gasteiger partial charge in [-0.25, -0.2) is 4.39 Å². The van der Waals surface area contributed by atoms with Crippen molar-refractivity contribution in [2.75, 3.05) is 11.9 Å². The molecule has 2 rings (SSSR count). The highest BCUT2D eigenvalue weighted by atomic mass is 32.1. The number of anilines is 1. The fraction of sp³-hybridized carbons (Fsp3) is 0.273. The molecule has 0 atom stereocenters. The van der Waals surface area contributed by atoms with Crippen LogP contribution in [0.15, 0.2) is 24.3 Å². The van der Waals surface area contributed by atoms with Crippen LogP contribution in [0.3, 0.4) is 0 Å². The van der Waals surface area contributed by atoms with Crippen LogP contribution in [0, 0.1) is 5.82 Å². The monoisotopic (exact) mass is 237 g/mol. The third kappa shape index (κ3) is 2.36. The molecule has 0 spiro atoms. The minimum absolute atomic E-state index is 0.257. The Labute approximate surface area is 97.7 Å². The molecule has 84 valence electrons. The highest BCUT2D eigenvalue weighted by Crippen LogP contribution is 2.26. The van der Waals surface area contributed by atoms with E-state index < -0.39 is 0 Å². The van der Waals surface area contributed by atoms with Crippen LogP contribution in [-0.4, -0.2) is 15.3 Å². The van der Waals surface area contributed by atoms with Gasteiger partial charge in [-0.2, -0.15) is 8.75 Å². The summed E-state index contributed by atoms with van der Waals surface area (Å²) in [6.07, 6.45) is 1.01. The van der Waals surface area contributed by atoms with E-state index in [0.29, 0.717) is 0 Å². The Kier molecular flexibility index (Phi) is 3.46. The fourth-order valence-corrected chi connectivity index (χ4v) is 1.92. The number of benzene rings is 1. The second kappa shape index (κ2) is 5.03. The first-order chi connectivity index (χ1) is 7.81. The van der Waals surface area contributed by atoms with Crippen molar-refractivity contribution in [3.63, 3.8) is 0 Å². The standard InChI is InChI=1S/C11H12FN3S/c1-2-6-13-11-10(14-16-15-11)8-4-3-5-9(12)7-8/h3-5,7H,2,6H2,1H3,(H,13,15). The molecule has 2 aromatic rings. The predicted octanol–water partition coefficient (Wildman–Crippen LogP) is 3.17. The summed E-state index contributed by atoms with van der Waals surface area (Å²) in [4.78, 5) is 0. The predicted molar refractivity (Wildman–Crippen MR) is 64.1 cm³/mol. The quantitative estimate of drug-likeness (QED) is 0.887. The SMILES string of the molecule is CCCNc1nsnc1-c1cccc(F)c1. The van der Waals surface area contributed by atoms with Crippen LogP contribution in [0.1, 0.15) is 13.3 Å². The molecule has 1 N–H and O–H groups in total. The van der Waals surface area contributed by atoms with E-state index in [0.717, 1.165) is 41.8 Å². The van der Waals surface area contributed by atoms with Crippen molar-refractivity contribution in [3.05, 3.63) is 30.1 Å². The van der Waals surface area contributed by atoms with Gasteiger partial charge in [0.2, 0.25) is 0 Å². The van der Waals surface area contributed by atoms with E-state index in [1.54, 1.807) is 6.07 Å². The van der Waals surface area contributed by atoms with Gasteiger partial charge in [0.25, 0.3) is 0 Å². The molecule has 1 aromatic carbocycles. The average Bonchev–Trinajstić information content (AvgIpc) is 2.74. The van der Waals surface area contributed by atoms with Crippen LogP contribution in [-0.2, 0) is 0 Å². The largest absolute Gasteiger partial charge is 0.367 e. The number of nitrogens with zero attached hydrogens (tertiary/aromatic N) is 2. The first-order valence-corrected chi connectivity index (χ1v) is 5.86. The molecule has 0 amide bonds. The second-order valence-corrected chi connectivity index (χ2v) is 3.93. The van der Waals surface area contributed by atoms with E-state index in [1.165, 1.54) is 12.1 Å². The molecule has 0 radical (unpaired) electrons. The fourth-order valence-electron chi connectivity index (χ4n) is 1.37. The van der Waals surface area contributed by atoms with E-state index in [2.05, 4.69) is 21.0 Å². The van der Waals surface area contributed by atoms with Crippen molar-refractivity contribution in [2.24, 2.45) is 0 Å². The topological polar surface area (TPSA) is 37.8 Å². The zero-order chi connectivity index (χ0) is 11.4. The Morgan fingerprint density at radius 1 is 1.38 bits per heavy atom. The van der Waals surface area contributed by atoms with Crippen LogP contribution < -0.4 is 5.32 Å². The molecule has 0 saturated carbocycles. The van der Waals surface area contributed by atoms with Gasteiger partial charge in [0.15, 0.2) is 5.82 Å². The Morgan fingerprint density at radius 2 is 2.25 bits per heavy atom. The van der Waals surface area contributed by atoms with E-state index >= 15 is 0 Å². The summed E-state index contributed by atoms with van der Waals surface area (Å²) in [5.74, 6) is 0.476. The van der Waals surface area contributed by atoms with Gasteiger partial charge in [-0.15, -0.1) is 0 Å². The number of hydrogen-bond donors (Lipinski definition) is 1. The van der Waals surface area contributed by atoms with Gasteiger partial charge in [-0.1, -0.05) is 19.1 Å². The van der Waals surface area contributed by atoms with E-state index in [1.807, 2.05) is 6.07 Å². The van der Waals surface area contributed by atoms with Crippen molar-refractivity contribution in [1.29, 1.82) is 0 Å². The minimum atomic E-state index is -0.257. The normalized spacial score (nSPS) is 10.4. The van der Waals surface area contributed by atoms with Crippen molar-refractivity contribution >= 4 is 17.5 Å². The summed E-state index contributed by atoms with van der Waals surface area (Å²) in [6.45, 7) is 2.92. The molecule has 5 heteroatoms. The minimum Gasteiger partial charge on any atom is -0.367 e. The molecule has 0 aliphatic heterocycles. The van der Waals surface area contributed by atoms with Gasteiger partial charge in [-0.3, -0.25) is 0 Å². The maximum absolute atomic E-state index is 13.1. The molecule has 1 heterocycles. The van der Waals surface area contributed by atoms with Crippen LogP contribution >= 0.6 is 11.7 Å². The Bertz CT molecular complexity index is 470. The van der Waals surface area contributed by atoms with E-state index in [-0.39, 0.29) is 5.82 Å². The zero-order valence-electron chi connectivity index (χ0n) is 8.90. The van der Waals surface area contributed by atoms with Crippen LogP contribution in [0.25, 0.3) is 11.3 Å². The Balaban J connectivity index is 2.29. The van der Waals surface area contributed by atoms with Crippen LogP contribution in [0.2, 0.25) is 0 Å². The lowest BCUT2D eigenvalue weighted by Gasteiger charge is -2.03. The first kappa shape index (κ1) is 11.0. The second-order valence-electron chi connectivity index (χ2n) is 3.40. The summed E-state index contributed by atoms with van der Waals surface area (Å²) in [7, 11) is 0. The first-order valence-electron chi connectivity index (χ1n) is 5.13. The Morgan fingerprint density at radius 3 is 3.00 bits per heavy atom. The molecule has 16 heavy (non-hydrogen) atoms. The van der Waals surface area contributed by atoms with Gasteiger partial charge < -0.3 is 5.32 Å². The van der Waals surface area contributed by atoms with Gasteiger partial charge in [0.1, 0.15) is 11.5 Å². The highest BCUT2D eigenvalue weighted by Gasteiger charge is 2.10. The molecule has 0 unspecified atom stereocenters. The summed E-state index contributed by atoms with van der Waals surface area (Å²) in [6, 6.07) is 6.39. The number of nitrogens with one attached hydrogen (secondary N) is 1. The van der Waals surface area contributed by atoms with Gasteiger partial charge in [0, 0.05) is 12.1 Å². The third-order valence-corrected chi connectivity index (χ3v) is 2.66. The summed E-state index contributed by atoms with van der Waals surface area (Å²) in [5, 5.41) is 3.18. The third-order valence-electron chi connectivity index (χ3n) is 2.13. The molecular weight excluding hydrogens is 225 g/mol. The maximum atomic E-state index is 13.1. The summed E-state index contributed by atoms with van der Waals surface area (Å²) >= 11 is 1.13. The molecule has 0 bridgehead atoms. The molecular formula is C11H12FN3S. The van der Waals surface area contributed by atoms with Crippen LogP contribution in [0.4, 0.5) is 10.2 Å². The lowest BCUT2D eigenvalue weighted by Crippen LogP contribution is -2.01. The van der Waals surface area contributed by atoms with Gasteiger partial charge >= 0.3 is 0 Å². The van der Waals surface area contributed by atoms with Crippen molar-refractivity contribution < 1.29 is 4.39 Å². The average molecular weight is 237 g/mol. The summed E-state index contributed by atoms with van der Waals surface area (Å²) in [5.41, 5.74) is 1.48. The number of hydrogen-bond acceptors (Lipinski definition) is 4. The molecule has 0 fully saturated rings. The van der Waals surface area contributed by atoms with Gasteiger partial charge in [0.05, 0.1) is 11.7 Å². The molecule has 0 aliphatic carbocycles. The molecule has 0 saturated heterocycles. The van der Waals surface area contributed by atoms with Crippen molar-refractivity contribution in [1.82, 2.24) is 8.75 Å². The summed E-state index contributed by atoms with van der Waals surface area (Å²) < 4.78 is 21.4. The number of rotatable bonds is 4. The maximum Gasteiger partial charge on any atom is 0.168 e. The smallest absolute Gasteiger partial charge is 0.168 e. The van der Waals surface area contributed by atoms with Gasteiger partial charge in [-0.05, 0) is 18.6 Å². The van der Waals surface area contributed by atoms with E-state index in [4.69, 9.17) is 0 Å². The number of aromatic nitrogens is 2. The number of halogens is 1. The molecule has 0 aliphatic rings. The lowest BCUT2D eigenvalue weighted by atomic mass is 10.1. The van der Waals surface area contributed by atoms with E-state index in [9.17, 15) is 4.39 Å². The Hall–Kier alpha value is -1.49.